The van der Waals surface area contributed by atoms with Crippen LogP contribution in [0.5, 0.6) is 0 Å². The number of alkyl halides is 2. The molecule has 17 heavy (non-hydrogen) atoms. The van der Waals surface area contributed by atoms with Crippen LogP contribution in [-0.4, -0.2) is 11.3 Å². The second-order valence-electron chi connectivity index (χ2n) is 5.42. The molecule has 1 aromatic rings. The zero-order valence-corrected chi connectivity index (χ0v) is 11.9. The number of rotatable bonds is 2. The van der Waals surface area contributed by atoms with Crippen molar-refractivity contribution in [3.8, 4) is 0 Å². The van der Waals surface area contributed by atoms with Crippen LogP contribution in [0.25, 0.3) is 5.57 Å². The molecular formula is C15H18Cl2. The standard InChI is InChI=1S/C15H18Cl2/c1-15(2)9-13(11-6-4-3-5-7-11)12(10-16)8-14(15)17/h3-7,14H,8-10H2,1-2H3. The van der Waals surface area contributed by atoms with Crippen molar-refractivity contribution in [1.29, 1.82) is 0 Å². The highest BCUT2D eigenvalue weighted by molar-refractivity contribution is 6.22. The van der Waals surface area contributed by atoms with Crippen LogP contribution < -0.4 is 0 Å². The first-order valence-corrected chi connectivity index (χ1v) is 6.98. The highest BCUT2D eigenvalue weighted by atomic mass is 35.5. The van der Waals surface area contributed by atoms with Gasteiger partial charge in [0.15, 0.2) is 0 Å². The Kier molecular flexibility index (Phi) is 3.85. The van der Waals surface area contributed by atoms with Crippen molar-refractivity contribution < 1.29 is 0 Å². The minimum absolute atomic E-state index is 0.141. The van der Waals surface area contributed by atoms with Crippen molar-refractivity contribution in [2.45, 2.75) is 32.1 Å². The van der Waals surface area contributed by atoms with Gasteiger partial charge in [-0.3, -0.25) is 0 Å². The minimum Gasteiger partial charge on any atom is -0.122 e. The largest absolute Gasteiger partial charge is 0.122 e. The maximum Gasteiger partial charge on any atom is 0.0440 e. The number of benzene rings is 1. The van der Waals surface area contributed by atoms with Gasteiger partial charge >= 0.3 is 0 Å². The van der Waals surface area contributed by atoms with Crippen LogP contribution in [0.2, 0.25) is 0 Å². The summed E-state index contributed by atoms with van der Waals surface area (Å²) in [6, 6.07) is 10.5. The highest BCUT2D eigenvalue weighted by Crippen LogP contribution is 2.45. The summed E-state index contributed by atoms with van der Waals surface area (Å²) in [6.07, 6.45) is 1.91. The average molecular weight is 269 g/mol. The molecule has 0 fully saturated rings. The molecule has 2 rings (SSSR count). The second-order valence-corrected chi connectivity index (χ2v) is 6.21. The molecule has 0 aromatic heterocycles. The van der Waals surface area contributed by atoms with Gasteiger partial charge in [0.05, 0.1) is 0 Å². The summed E-state index contributed by atoms with van der Waals surface area (Å²) < 4.78 is 0. The molecule has 0 amide bonds. The molecule has 0 nitrogen and oxygen atoms in total. The summed E-state index contributed by atoms with van der Waals surface area (Å²) in [5.74, 6) is 0.587. The van der Waals surface area contributed by atoms with Crippen molar-refractivity contribution in [2.75, 3.05) is 5.88 Å². The van der Waals surface area contributed by atoms with Crippen molar-refractivity contribution in [1.82, 2.24) is 0 Å². The topological polar surface area (TPSA) is 0 Å². The normalized spacial score (nSPS) is 23.9. The summed E-state index contributed by atoms with van der Waals surface area (Å²) in [7, 11) is 0. The Bertz CT molecular complexity index is 418. The van der Waals surface area contributed by atoms with Crippen LogP contribution in [0.15, 0.2) is 35.9 Å². The second kappa shape index (κ2) is 5.04. The van der Waals surface area contributed by atoms with E-state index in [0.29, 0.717) is 5.88 Å². The Morgan fingerprint density at radius 3 is 2.47 bits per heavy atom. The van der Waals surface area contributed by atoms with Gasteiger partial charge in [-0.05, 0) is 29.4 Å². The molecule has 0 saturated carbocycles. The highest BCUT2D eigenvalue weighted by Gasteiger charge is 2.34. The van der Waals surface area contributed by atoms with Gasteiger partial charge in [-0.25, -0.2) is 0 Å². The van der Waals surface area contributed by atoms with Crippen molar-refractivity contribution in [3.63, 3.8) is 0 Å². The Morgan fingerprint density at radius 2 is 1.88 bits per heavy atom. The van der Waals surface area contributed by atoms with Crippen LogP contribution in [0.4, 0.5) is 0 Å². The third-order valence-corrected chi connectivity index (χ3v) is 4.68. The molecule has 0 N–H and O–H groups in total. The van der Waals surface area contributed by atoms with E-state index in [1.165, 1.54) is 16.7 Å². The van der Waals surface area contributed by atoms with Crippen LogP contribution >= 0.6 is 23.2 Å². The number of halogens is 2. The Labute approximate surface area is 114 Å². The van der Waals surface area contributed by atoms with Gasteiger partial charge in [0, 0.05) is 11.3 Å². The first-order chi connectivity index (χ1) is 8.04. The lowest BCUT2D eigenvalue weighted by Gasteiger charge is -2.37. The number of allylic oxidation sites excluding steroid dienone is 2. The molecule has 0 heterocycles. The summed E-state index contributed by atoms with van der Waals surface area (Å²) >= 11 is 12.5. The zero-order valence-electron chi connectivity index (χ0n) is 10.3. The third-order valence-electron chi connectivity index (χ3n) is 3.62. The number of hydrogen-bond acceptors (Lipinski definition) is 0. The van der Waals surface area contributed by atoms with E-state index in [-0.39, 0.29) is 10.8 Å². The maximum atomic E-state index is 6.44. The smallest absolute Gasteiger partial charge is 0.0440 e. The first kappa shape index (κ1) is 13.0. The van der Waals surface area contributed by atoms with Gasteiger partial charge in [-0.1, -0.05) is 49.8 Å². The van der Waals surface area contributed by atoms with Crippen LogP contribution in [0.3, 0.4) is 0 Å². The number of hydrogen-bond donors (Lipinski definition) is 0. The van der Waals surface area contributed by atoms with Gasteiger partial charge in [0.2, 0.25) is 0 Å². The van der Waals surface area contributed by atoms with Crippen LogP contribution in [-0.2, 0) is 0 Å². The van der Waals surface area contributed by atoms with Gasteiger partial charge in [0.25, 0.3) is 0 Å². The van der Waals surface area contributed by atoms with Crippen molar-refractivity contribution in [2.24, 2.45) is 5.41 Å². The lowest BCUT2D eigenvalue weighted by molar-refractivity contribution is 0.340. The lowest BCUT2D eigenvalue weighted by atomic mass is 9.72. The summed E-state index contributed by atoms with van der Waals surface area (Å²) in [4.78, 5) is 0. The monoisotopic (exact) mass is 268 g/mol. The molecule has 0 radical (unpaired) electrons. The first-order valence-electron chi connectivity index (χ1n) is 6.01. The molecule has 1 aliphatic rings. The predicted octanol–water partition coefficient (Wildman–Crippen LogP) is 5.11. The molecule has 0 bridgehead atoms. The SMILES string of the molecule is CC1(C)CC(c2ccccc2)=C(CCl)CC1Cl. The molecular weight excluding hydrogens is 251 g/mol. The fraction of sp³-hybridized carbons (Fsp3) is 0.467. The van der Waals surface area contributed by atoms with E-state index in [1.807, 2.05) is 6.07 Å². The fourth-order valence-corrected chi connectivity index (χ4v) is 2.92. The fourth-order valence-electron chi connectivity index (χ4n) is 2.39. The average Bonchev–Trinajstić information content (AvgIpc) is 2.33. The van der Waals surface area contributed by atoms with E-state index in [1.54, 1.807) is 0 Å². The molecule has 1 atom stereocenters. The molecule has 92 valence electrons. The molecule has 0 aliphatic heterocycles. The van der Waals surface area contributed by atoms with Gasteiger partial charge in [-0.15, -0.1) is 23.2 Å². The maximum absolute atomic E-state index is 6.44. The van der Waals surface area contributed by atoms with Crippen LogP contribution in [0.1, 0.15) is 32.3 Å². The minimum atomic E-state index is 0.141. The summed E-state index contributed by atoms with van der Waals surface area (Å²) in [5.41, 5.74) is 4.13. The van der Waals surface area contributed by atoms with Gasteiger partial charge in [-0.2, -0.15) is 0 Å². The lowest BCUT2D eigenvalue weighted by Crippen LogP contribution is -2.30. The molecule has 0 saturated heterocycles. The molecule has 0 spiro atoms. The van der Waals surface area contributed by atoms with Gasteiger partial charge in [0.1, 0.15) is 0 Å². The predicted molar refractivity (Wildman–Crippen MR) is 76.7 cm³/mol. The summed E-state index contributed by atoms with van der Waals surface area (Å²) in [6.45, 7) is 4.47. The van der Waals surface area contributed by atoms with E-state index < -0.39 is 0 Å². The van der Waals surface area contributed by atoms with Crippen molar-refractivity contribution >= 4 is 28.8 Å². The Morgan fingerprint density at radius 1 is 1.24 bits per heavy atom. The van der Waals surface area contributed by atoms with E-state index in [4.69, 9.17) is 23.2 Å². The molecule has 2 heteroatoms. The van der Waals surface area contributed by atoms with E-state index in [0.717, 1.165) is 12.8 Å². The summed E-state index contributed by atoms with van der Waals surface area (Å²) in [5, 5.41) is 0.184. The van der Waals surface area contributed by atoms with Crippen molar-refractivity contribution in [3.05, 3.63) is 41.5 Å². The molecule has 1 unspecified atom stereocenters. The molecule has 1 aromatic carbocycles. The Balaban J connectivity index is 2.42. The van der Waals surface area contributed by atoms with E-state index in [2.05, 4.69) is 38.1 Å². The van der Waals surface area contributed by atoms with Crippen LogP contribution in [0, 0.1) is 5.41 Å². The third kappa shape index (κ3) is 2.69. The van der Waals surface area contributed by atoms with E-state index >= 15 is 0 Å². The quantitative estimate of drug-likeness (QED) is 0.655. The zero-order chi connectivity index (χ0) is 12.5. The van der Waals surface area contributed by atoms with E-state index in [9.17, 15) is 0 Å². The molecule has 1 aliphatic carbocycles. The Hall–Kier alpha value is -0.460. The van der Waals surface area contributed by atoms with Gasteiger partial charge < -0.3 is 0 Å².